The zero-order valence-corrected chi connectivity index (χ0v) is 15.5. The van der Waals surface area contributed by atoms with Crippen molar-refractivity contribution in [2.45, 2.75) is 19.9 Å². The molecule has 4 rings (SSSR count). The van der Waals surface area contributed by atoms with Gasteiger partial charge in [0.25, 0.3) is 0 Å². The number of hydrogen-bond acceptors (Lipinski definition) is 6. The Morgan fingerprint density at radius 3 is 2.68 bits per heavy atom. The third-order valence-electron chi connectivity index (χ3n) is 4.59. The largest absolute Gasteiger partial charge is 0.432 e. The van der Waals surface area contributed by atoms with Gasteiger partial charge in [-0.2, -0.15) is 4.98 Å². The number of aliphatic hydroxyl groups is 1. The van der Waals surface area contributed by atoms with Crippen molar-refractivity contribution >= 4 is 11.8 Å². The van der Waals surface area contributed by atoms with Crippen LogP contribution in [0.2, 0.25) is 0 Å². The highest BCUT2D eigenvalue weighted by molar-refractivity contribution is 5.79. The van der Waals surface area contributed by atoms with Crippen LogP contribution >= 0.6 is 0 Å². The third kappa shape index (κ3) is 3.34. The topological polar surface area (TPSA) is 88.5 Å². The van der Waals surface area contributed by atoms with Crippen LogP contribution in [0.15, 0.2) is 53.4 Å². The van der Waals surface area contributed by atoms with Gasteiger partial charge in [0.1, 0.15) is 23.5 Å². The SMILES string of the molecule is CC(C)[C@H](CO)Nc1nccc(-c2c(-c3ccc(F)cc3)nc3occn23)n1. The van der Waals surface area contributed by atoms with E-state index in [-0.39, 0.29) is 24.4 Å². The molecule has 8 heteroatoms. The maximum Gasteiger partial charge on any atom is 0.306 e. The van der Waals surface area contributed by atoms with Crippen molar-refractivity contribution in [3.8, 4) is 22.6 Å². The number of nitrogens with one attached hydrogen (secondary N) is 1. The van der Waals surface area contributed by atoms with E-state index in [0.29, 0.717) is 28.9 Å². The summed E-state index contributed by atoms with van der Waals surface area (Å²) in [5.74, 6) is 0.722. The molecule has 144 valence electrons. The predicted molar refractivity (Wildman–Crippen MR) is 103 cm³/mol. The van der Waals surface area contributed by atoms with E-state index in [9.17, 15) is 9.50 Å². The minimum absolute atomic E-state index is 0.0231. The van der Waals surface area contributed by atoms with E-state index in [1.807, 2.05) is 13.8 Å². The van der Waals surface area contributed by atoms with Crippen molar-refractivity contribution < 1.29 is 13.9 Å². The number of anilines is 1. The third-order valence-corrected chi connectivity index (χ3v) is 4.59. The van der Waals surface area contributed by atoms with E-state index in [1.54, 1.807) is 41.3 Å². The van der Waals surface area contributed by atoms with Crippen LogP contribution in [0.25, 0.3) is 28.5 Å². The summed E-state index contributed by atoms with van der Waals surface area (Å²) in [5.41, 5.74) is 2.72. The molecule has 0 fully saturated rings. The molecular weight excluding hydrogens is 361 g/mol. The predicted octanol–water partition coefficient (Wildman–Crippen LogP) is 3.62. The molecule has 0 amide bonds. The first-order valence-electron chi connectivity index (χ1n) is 8.99. The Morgan fingerprint density at radius 2 is 1.96 bits per heavy atom. The first-order chi connectivity index (χ1) is 13.6. The van der Waals surface area contributed by atoms with Crippen molar-refractivity contribution in [3.63, 3.8) is 0 Å². The molecule has 0 radical (unpaired) electrons. The second-order valence-electron chi connectivity index (χ2n) is 6.81. The number of rotatable bonds is 6. The highest BCUT2D eigenvalue weighted by Gasteiger charge is 2.20. The number of hydrogen-bond donors (Lipinski definition) is 2. The quantitative estimate of drug-likeness (QED) is 0.530. The Labute approximate surface area is 160 Å². The van der Waals surface area contributed by atoms with Gasteiger partial charge in [-0.05, 0) is 36.2 Å². The van der Waals surface area contributed by atoms with E-state index >= 15 is 0 Å². The van der Waals surface area contributed by atoms with Crippen LogP contribution in [0.3, 0.4) is 0 Å². The summed E-state index contributed by atoms with van der Waals surface area (Å²) >= 11 is 0. The fraction of sp³-hybridized carbons (Fsp3) is 0.250. The molecule has 7 nitrogen and oxygen atoms in total. The zero-order valence-electron chi connectivity index (χ0n) is 15.5. The lowest BCUT2D eigenvalue weighted by atomic mass is 10.1. The van der Waals surface area contributed by atoms with Gasteiger partial charge in [-0.15, -0.1) is 0 Å². The second-order valence-corrected chi connectivity index (χ2v) is 6.81. The van der Waals surface area contributed by atoms with Crippen molar-refractivity contribution in [2.75, 3.05) is 11.9 Å². The summed E-state index contributed by atoms with van der Waals surface area (Å²) in [5, 5.41) is 12.7. The van der Waals surface area contributed by atoms with Crippen LogP contribution in [-0.2, 0) is 0 Å². The number of nitrogens with zero attached hydrogens (tertiary/aromatic N) is 4. The van der Waals surface area contributed by atoms with Gasteiger partial charge in [-0.1, -0.05) is 13.8 Å². The van der Waals surface area contributed by atoms with E-state index in [1.165, 1.54) is 12.1 Å². The van der Waals surface area contributed by atoms with Crippen LogP contribution in [0.5, 0.6) is 0 Å². The second kappa shape index (κ2) is 7.40. The summed E-state index contributed by atoms with van der Waals surface area (Å²) in [7, 11) is 0. The minimum atomic E-state index is -0.314. The van der Waals surface area contributed by atoms with E-state index in [4.69, 9.17) is 4.42 Å². The molecule has 1 aromatic carbocycles. The lowest BCUT2D eigenvalue weighted by Crippen LogP contribution is -2.30. The number of benzene rings is 1. The molecule has 3 heterocycles. The minimum Gasteiger partial charge on any atom is -0.432 e. The number of fused-ring (bicyclic) bond motifs is 1. The van der Waals surface area contributed by atoms with Gasteiger partial charge in [0, 0.05) is 18.0 Å². The van der Waals surface area contributed by atoms with Crippen molar-refractivity contribution in [1.29, 1.82) is 0 Å². The van der Waals surface area contributed by atoms with Gasteiger partial charge >= 0.3 is 5.84 Å². The summed E-state index contributed by atoms with van der Waals surface area (Å²) in [6.45, 7) is 4.00. The van der Waals surface area contributed by atoms with Gasteiger partial charge in [0.05, 0.1) is 18.3 Å². The Hall–Kier alpha value is -3.26. The van der Waals surface area contributed by atoms with Crippen LogP contribution in [0.4, 0.5) is 10.3 Å². The van der Waals surface area contributed by atoms with Gasteiger partial charge in [0.15, 0.2) is 0 Å². The molecule has 1 atom stereocenters. The van der Waals surface area contributed by atoms with Crippen molar-refractivity contribution in [2.24, 2.45) is 5.92 Å². The van der Waals surface area contributed by atoms with Crippen LogP contribution in [-0.4, -0.2) is 37.1 Å². The smallest absolute Gasteiger partial charge is 0.306 e. The Morgan fingerprint density at radius 1 is 1.18 bits per heavy atom. The first kappa shape index (κ1) is 18.1. The molecule has 2 N–H and O–H groups in total. The number of aromatic nitrogens is 4. The molecule has 0 spiro atoms. The lowest BCUT2D eigenvalue weighted by molar-refractivity contribution is 0.248. The van der Waals surface area contributed by atoms with Crippen LogP contribution in [0.1, 0.15) is 13.8 Å². The van der Waals surface area contributed by atoms with Crippen LogP contribution < -0.4 is 5.32 Å². The number of halogens is 1. The zero-order chi connectivity index (χ0) is 19.7. The molecule has 28 heavy (non-hydrogen) atoms. The number of imidazole rings is 1. The molecule has 0 saturated carbocycles. The lowest BCUT2D eigenvalue weighted by Gasteiger charge is -2.19. The Balaban J connectivity index is 1.80. The summed E-state index contributed by atoms with van der Waals surface area (Å²) in [6, 6.07) is 7.73. The van der Waals surface area contributed by atoms with Gasteiger partial charge in [0.2, 0.25) is 5.95 Å². The molecule has 0 bridgehead atoms. The highest BCUT2D eigenvalue weighted by Crippen LogP contribution is 2.32. The Kier molecular flexibility index (Phi) is 4.79. The highest BCUT2D eigenvalue weighted by atomic mass is 19.1. The molecule has 4 aromatic rings. The van der Waals surface area contributed by atoms with E-state index in [0.717, 1.165) is 5.56 Å². The summed E-state index contributed by atoms with van der Waals surface area (Å²) in [6.07, 6.45) is 4.94. The fourth-order valence-electron chi connectivity index (χ4n) is 2.99. The monoisotopic (exact) mass is 381 g/mol. The summed E-state index contributed by atoms with van der Waals surface area (Å²) < 4.78 is 20.6. The average molecular weight is 381 g/mol. The first-order valence-corrected chi connectivity index (χ1v) is 8.99. The van der Waals surface area contributed by atoms with Crippen LogP contribution in [0, 0.1) is 11.7 Å². The normalized spacial score (nSPS) is 12.6. The van der Waals surface area contributed by atoms with E-state index in [2.05, 4.69) is 20.3 Å². The number of aliphatic hydroxyl groups excluding tert-OH is 1. The molecule has 0 saturated heterocycles. The van der Waals surface area contributed by atoms with Crippen molar-refractivity contribution in [1.82, 2.24) is 19.4 Å². The molecule has 0 aliphatic heterocycles. The molecular formula is C20H20FN5O2. The van der Waals surface area contributed by atoms with Gasteiger partial charge in [-0.25, -0.2) is 14.4 Å². The molecule has 0 aliphatic carbocycles. The number of oxazole rings is 1. The molecule has 0 unspecified atom stereocenters. The molecule has 0 aliphatic rings. The maximum atomic E-state index is 13.4. The Bertz CT molecular complexity index is 1090. The fourth-order valence-corrected chi connectivity index (χ4v) is 2.99. The average Bonchev–Trinajstić information content (AvgIpc) is 3.27. The van der Waals surface area contributed by atoms with Gasteiger partial charge in [-0.3, -0.25) is 4.40 Å². The van der Waals surface area contributed by atoms with Gasteiger partial charge < -0.3 is 14.8 Å². The standard InChI is InChI=1S/C20H20FN5O2/c1-12(2)16(11-27)24-19-22-8-7-15(23-19)18-17(13-3-5-14(21)6-4-13)25-20-26(18)9-10-28-20/h3-10,12,16,27H,11H2,1-2H3,(H,22,23,24)/t16-/m0/s1. The summed E-state index contributed by atoms with van der Waals surface area (Å²) in [4.78, 5) is 13.4. The maximum absolute atomic E-state index is 13.4. The van der Waals surface area contributed by atoms with E-state index < -0.39 is 0 Å². The van der Waals surface area contributed by atoms with Crippen molar-refractivity contribution in [3.05, 3.63) is 54.8 Å². The molecule has 3 aromatic heterocycles.